The summed E-state index contributed by atoms with van der Waals surface area (Å²) in [6, 6.07) is 11.5. The van der Waals surface area contributed by atoms with Gasteiger partial charge in [0.15, 0.2) is 0 Å². The van der Waals surface area contributed by atoms with E-state index in [4.69, 9.17) is 16.3 Å². The fourth-order valence-corrected chi connectivity index (χ4v) is 2.52. The summed E-state index contributed by atoms with van der Waals surface area (Å²) in [6.07, 6.45) is -0.0708. The van der Waals surface area contributed by atoms with Crippen molar-refractivity contribution in [2.75, 3.05) is 6.61 Å². The monoisotopic (exact) mass is 349 g/mol. The lowest BCUT2D eigenvalue weighted by Gasteiger charge is -2.19. The van der Waals surface area contributed by atoms with Gasteiger partial charge in [-0.15, -0.1) is 0 Å². The Kier molecular flexibility index (Phi) is 6.32. The summed E-state index contributed by atoms with van der Waals surface area (Å²) in [7, 11) is 0. The molecule has 0 aliphatic rings. The zero-order chi connectivity index (χ0) is 17.5. The van der Waals surface area contributed by atoms with Crippen LogP contribution in [0.5, 0.6) is 0 Å². The number of ether oxygens (including phenoxy) is 1. The average Bonchev–Trinajstić information content (AvgIpc) is 2.55. The summed E-state index contributed by atoms with van der Waals surface area (Å²) >= 11 is 6.17. The van der Waals surface area contributed by atoms with Gasteiger partial charge in [0.25, 0.3) is 5.91 Å². The molecule has 6 heteroatoms. The minimum Gasteiger partial charge on any atom is -0.466 e. The maximum atomic E-state index is 13.3. The number of carbonyl (C=O) groups is 2. The second-order valence-corrected chi connectivity index (χ2v) is 5.47. The van der Waals surface area contributed by atoms with Crippen molar-refractivity contribution in [3.05, 3.63) is 70.5 Å². The van der Waals surface area contributed by atoms with E-state index < -0.39 is 23.7 Å². The Hall–Kier alpha value is -2.40. The van der Waals surface area contributed by atoms with Crippen LogP contribution in [-0.4, -0.2) is 18.5 Å². The third kappa shape index (κ3) is 4.80. The molecule has 0 heterocycles. The van der Waals surface area contributed by atoms with Gasteiger partial charge in [0.2, 0.25) is 0 Å². The maximum absolute atomic E-state index is 13.3. The van der Waals surface area contributed by atoms with Crippen LogP contribution in [0.4, 0.5) is 4.39 Å². The Morgan fingerprint density at radius 1 is 1.21 bits per heavy atom. The number of hydrogen-bond acceptors (Lipinski definition) is 3. The van der Waals surface area contributed by atoms with Crippen LogP contribution in [0.3, 0.4) is 0 Å². The van der Waals surface area contributed by atoms with Gasteiger partial charge in [0.05, 0.1) is 19.1 Å². The normalized spacial score (nSPS) is 11.6. The molecule has 2 rings (SSSR count). The number of amides is 1. The van der Waals surface area contributed by atoms with Crippen LogP contribution in [-0.2, 0) is 9.53 Å². The van der Waals surface area contributed by atoms with Crippen molar-refractivity contribution < 1.29 is 18.7 Å². The fourth-order valence-electron chi connectivity index (χ4n) is 2.25. The number of esters is 1. The molecular weight excluding hydrogens is 333 g/mol. The van der Waals surface area contributed by atoms with Gasteiger partial charge in [-0.1, -0.05) is 35.9 Å². The second kappa shape index (κ2) is 8.45. The van der Waals surface area contributed by atoms with Crippen LogP contribution in [0.2, 0.25) is 5.02 Å². The molecule has 1 atom stereocenters. The molecule has 0 saturated heterocycles. The number of halogens is 2. The summed E-state index contributed by atoms with van der Waals surface area (Å²) in [5, 5.41) is 3.14. The van der Waals surface area contributed by atoms with E-state index in [1.165, 1.54) is 18.2 Å². The number of hydrogen-bond donors (Lipinski definition) is 1. The van der Waals surface area contributed by atoms with Crippen LogP contribution in [0.1, 0.15) is 35.3 Å². The average molecular weight is 350 g/mol. The van der Waals surface area contributed by atoms with E-state index in [-0.39, 0.29) is 18.6 Å². The van der Waals surface area contributed by atoms with Crippen LogP contribution in [0.15, 0.2) is 48.5 Å². The van der Waals surface area contributed by atoms with E-state index in [9.17, 15) is 14.0 Å². The molecule has 0 fully saturated rings. The lowest BCUT2D eigenvalue weighted by molar-refractivity contribution is -0.143. The first kappa shape index (κ1) is 17.9. The lowest BCUT2D eigenvalue weighted by atomic mass is 10.0. The van der Waals surface area contributed by atoms with Crippen molar-refractivity contribution in [2.24, 2.45) is 0 Å². The summed E-state index contributed by atoms with van der Waals surface area (Å²) in [6.45, 7) is 1.94. The lowest BCUT2D eigenvalue weighted by Crippen LogP contribution is -2.31. The highest BCUT2D eigenvalue weighted by Crippen LogP contribution is 2.26. The molecule has 126 valence electrons. The Bertz CT molecular complexity index is 736. The summed E-state index contributed by atoms with van der Waals surface area (Å²) < 4.78 is 18.2. The molecule has 1 N–H and O–H groups in total. The van der Waals surface area contributed by atoms with Gasteiger partial charge in [-0.2, -0.15) is 0 Å². The molecule has 0 aliphatic heterocycles. The molecule has 0 bridgehead atoms. The van der Waals surface area contributed by atoms with Gasteiger partial charge in [0, 0.05) is 10.6 Å². The first-order chi connectivity index (χ1) is 11.5. The van der Waals surface area contributed by atoms with Gasteiger partial charge in [-0.25, -0.2) is 4.39 Å². The minimum atomic E-state index is -0.673. The van der Waals surface area contributed by atoms with E-state index in [0.717, 1.165) is 6.07 Å². The van der Waals surface area contributed by atoms with Crippen molar-refractivity contribution in [2.45, 2.75) is 19.4 Å². The minimum absolute atomic E-state index is 0.0708. The molecule has 24 heavy (non-hydrogen) atoms. The number of nitrogens with one attached hydrogen (secondary N) is 1. The number of rotatable bonds is 6. The number of benzene rings is 2. The third-order valence-corrected chi connectivity index (χ3v) is 3.69. The highest BCUT2D eigenvalue weighted by Gasteiger charge is 2.22. The van der Waals surface area contributed by atoms with Gasteiger partial charge in [-0.3, -0.25) is 9.59 Å². The van der Waals surface area contributed by atoms with Gasteiger partial charge >= 0.3 is 5.97 Å². The van der Waals surface area contributed by atoms with E-state index in [2.05, 4.69) is 5.32 Å². The standard InChI is InChI=1S/C18H17ClFNO3/c1-2-24-17(22)11-16(14-8-3-4-9-15(14)19)21-18(23)12-6-5-7-13(20)10-12/h3-10,16H,2,11H2,1H3,(H,21,23)/t16-/m0/s1. The maximum Gasteiger partial charge on any atom is 0.308 e. The highest BCUT2D eigenvalue weighted by atomic mass is 35.5. The summed E-state index contributed by atoms with van der Waals surface area (Å²) in [4.78, 5) is 24.2. The van der Waals surface area contributed by atoms with E-state index in [1.54, 1.807) is 31.2 Å². The second-order valence-electron chi connectivity index (χ2n) is 5.07. The van der Waals surface area contributed by atoms with Gasteiger partial charge in [0.1, 0.15) is 5.82 Å². The quantitative estimate of drug-likeness (QED) is 0.805. The fraction of sp³-hybridized carbons (Fsp3) is 0.222. The molecule has 0 unspecified atom stereocenters. The summed E-state index contributed by atoms with van der Waals surface area (Å²) in [5.74, 6) is -1.46. The molecule has 0 spiro atoms. The molecule has 2 aromatic rings. The molecule has 0 aliphatic carbocycles. The first-order valence-electron chi connectivity index (χ1n) is 7.47. The molecule has 0 aromatic heterocycles. The predicted octanol–water partition coefficient (Wildman–Crippen LogP) is 3.90. The van der Waals surface area contributed by atoms with Crippen molar-refractivity contribution in [1.82, 2.24) is 5.32 Å². The van der Waals surface area contributed by atoms with Gasteiger partial charge < -0.3 is 10.1 Å². The zero-order valence-electron chi connectivity index (χ0n) is 13.1. The number of carbonyl (C=O) groups excluding carboxylic acids is 2. The molecule has 4 nitrogen and oxygen atoms in total. The van der Waals surface area contributed by atoms with Gasteiger partial charge in [-0.05, 0) is 36.8 Å². The zero-order valence-corrected chi connectivity index (χ0v) is 13.8. The Morgan fingerprint density at radius 3 is 2.62 bits per heavy atom. The van der Waals surface area contributed by atoms with Crippen LogP contribution < -0.4 is 5.32 Å². The topological polar surface area (TPSA) is 55.4 Å². The SMILES string of the molecule is CCOC(=O)C[C@H](NC(=O)c1cccc(F)c1)c1ccccc1Cl. The van der Waals surface area contributed by atoms with Crippen LogP contribution >= 0.6 is 11.6 Å². The Morgan fingerprint density at radius 2 is 1.96 bits per heavy atom. The predicted molar refractivity (Wildman–Crippen MR) is 89.3 cm³/mol. The largest absolute Gasteiger partial charge is 0.466 e. The molecule has 2 aromatic carbocycles. The van der Waals surface area contributed by atoms with Crippen molar-refractivity contribution >= 4 is 23.5 Å². The Labute approximate surface area is 144 Å². The van der Waals surface area contributed by atoms with Crippen molar-refractivity contribution in [3.63, 3.8) is 0 Å². The van der Waals surface area contributed by atoms with Crippen LogP contribution in [0.25, 0.3) is 0 Å². The highest BCUT2D eigenvalue weighted by molar-refractivity contribution is 6.31. The van der Waals surface area contributed by atoms with E-state index >= 15 is 0 Å². The smallest absolute Gasteiger partial charge is 0.308 e. The molecule has 0 saturated carbocycles. The molecular formula is C18H17ClFNO3. The summed E-state index contributed by atoms with van der Waals surface area (Å²) in [5.41, 5.74) is 0.757. The van der Waals surface area contributed by atoms with E-state index in [0.29, 0.717) is 10.6 Å². The van der Waals surface area contributed by atoms with Crippen molar-refractivity contribution in [1.29, 1.82) is 0 Å². The third-order valence-electron chi connectivity index (χ3n) is 3.35. The first-order valence-corrected chi connectivity index (χ1v) is 7.85. The molecule has 1 amide bonds. The molecule has 0 radical (unpaired) electrons. The Balaban J connectivity index is 2.24. The van der Waals surface area contributed by atoms with E-state index in [1.807, 2.05) is 0 Å². The van der Waals surface area contributed by atoms with Crippen molar-refractivity contribution in [3.8, 4) is 0 Å². The van der Waals surface area contributed by atoms with Crippen LogP contribution in [0, 0.1) is 5.82 Å².